The van der Waals surface area contributed by atoms with E-state index in [-0.39, 0.29) is 11.2 Å². The van der Waals surface area contributed by atoms with Gasteiger partial charge in [-0.2, -0.15) is 0 Å². The number of nitrogens with zero attached hydrogens (tertiary/aromatic N) is 3. The van der Waals surface area contributed by atoms with Crippen LogP contribution in [0.25, 0.3) is 16.5 Å². The topological polar surface area (TPSA) is 59.8 Å². The fourth-order valence-electron chi connectivity index (χ4n) is 4.58. The molecular formula is C27H28N4OS. The summed E-state index contributed by atoms with van der Waals surface area (Å²) in [5.41, 5.74) is 1.88. The van der Waals surface area contributed by atoms with Crippen LogP contribution < -0.4 is 5.32 Å². The molecule has 3 aromatic carbocycles. The molecule has 1 fully saturated rings. The predicted octanol–water partition coefficient (Wildman–Crippen LogP) is 6.59. The van der Waals surface area contributed by atoms with Crippen LogP contribution in [-0.4, -0.2) is 25.9 Å². The molecule has 5 nitrogen and oxygen atoms in total. The van der Waals surface area contributed by atoms with Gasteiger partial charge in [0.05, 0.1) is 5.25 Å². The predicted molar refractivity (Wildman–Crippen MR) is 135 cm³/mol. The molecule has 0 saturated heterocycles. The maximum Gasteiger partial charge on any atom is 0.237 e. The Labute approximate surface area is 198 Å². The highest BCUT2D eigenvalue weighted by Gasteiger charge is 2.26. The number of carbonyl (C=O) groups is 1. The quantitative estimate of drug-likeness (QED) is 0.333. The molecule has 168 valence electrons. The van der Waals surface area contributed by atoms with Gasteiger partial charge in [0.1, 0.15) is 5.82 Å². The number of benzene rings is 3. The number of fused-ring (bicyclic) bond motifs is 1. The first kappa shape index (κ1) is 21.7. The van der Waals surface area contributed by atoms with Gasteiger partial charge in [0.25, 0.3) is 0 Å². The van der Waals surface area contributed by atoms with Gasteiger partial charge in [0, 0.05) is 22.7 Å². The van der Waals surface area contributed by atoms with Gasteiger partial charge in [-0.25, -0.2) is 0 Å². The van der Waals surface area contributed by atoms with Crippen molar-refractivity contribution in [3.63, 3.8) is 0 Å². The van der Waals surface area contributed by atoms with Crippen LogP contribution >= 0.6 is 11.8 Å². The Balaban J connectivity index is 1.40. The molecule has 1 heterocycles. The molecule has 0 bridgehead atoms. The molecule has 0 radical (unpaired) electrons. The van der Waals surface area contributed by atoms with E-state index in [2.05, 4.69) is 44.3 Å². The molecule has 1 saturated carbocycles. The summed E-state index contributed by atoms with van der Waals surface area (Å²) in [5, 5.41) is 14.9. The van der Waals surface area contributed by atoms with Crippen LogP contribution in [0.15, 0.2) is 78.0 Å². The maximum absolute atomic E-state index is 13.1. The van der Waals surface area contributed by atoms with Gasteiger partial charge in [-0.05, 0) is 43.4 Å². The van der Waals surface area contributed by atoms with Gasteiger partial charge in [0.2, 0.25) is 5.91 Å². The van der Waals surface area contributed by atoms with E-state index in [1.54, 1.807) is 0 Å². The van der Waals surface area contributed by atoms with Crippen molar-refractivity contribution >= 4 is 34.1 Å². The molecule has 1 aliphatic carbocycles. The van der Waals surface area contributed by atoms with Crippen molar-refractivity contribution in [2.75, 3.05) is 5.32 Å². The highest BCUT2D eigenvalue weighted by atomic mass is 32.2. The highest BCUT2D eigenvalue weighted by Crippen LogP contribution is 2.36. The van der Waals surface area contributed by atoms with Gasteiger partial charge in [-0.15, -0.1) is 10.2 Å². The SMILES string of the molecule is CC(Sc1nnc(C2CCCCC2)n1-c1ccccc1)C(=O)Nc1cccc2ccccc12. The molecule has 1 aliphatic rings. The van der Waals surface area contributed by atoms with Gasteiger partial charge in [0.15, 0.2) is 5.16 Å². The van der Waals surface area contributed by atoms with Crippen molar-refractivity contribution < 1.29 is 4.79 Å². The van der Waals surface area contributed by atoms with E-state index in [1.807, 2.05) is 55.5 Å². The summed E-state index contributed by atoms with van der Waals surface area (Å²) < 4.78 is 2.16. The fourth-order valence-corrected chi connectivity index (χ4v) is 5.46. The Morgan fingerprint density at radius 3 is 2.48 bits per heavy atom. The number of rotatable bonds is 6. The summed E-state index contributed by atoms with van der Waals surface area (Å²) in [4.78, 5) is 13.1. The molecule has 33 heavy (non-hydrogen) atoms. The van der Waals surface area contributed by atoms with E-state index in [4.69, 9.17) is 0 Å². The number of para-hydroxylation sites is 1. The molecular weight excluding hydrogens is 428 g/mol. The minimum atomic E-state index is -0.324. The Hall–Kier alpha value is -3.12. The number of hydrogen-bond donors (Lipinski definition) is 1. The van der Waals surface area contributed by atoms with E-state index in [0.29, 0.717) is 5.92 Å². The number of carbonyl (C=O) groups excluding carboxylic acids is 1. The maximum atomic E-state index is 13.1. The molecule has 0 aliphatic heterocycles. The number of thioether (sulfide) groups is 1. The zero-order valence-corrected chi connectivity index (χ0v) is 19.6. The largest absolute Gasteiger partial charge is 0.325 e. The Morgan fingerprint density at radius 2 is 1.67 bits per heavy atom. The van der Waals surface area contributed by atoms with Gasteiger partial charge in [-0.1, -0.05) is 85.6 Å². The number of hydrogen-bond acceptors (Lipinski definition) is 4. The number of amides is 1. The molecule has 5 rings (SSSR count). The van der Waals surface area contributed by atoms with Crippen LogP contribution in [0, 0.1) is 0 Å². The fraction of sp³-hybridized carbons (Fsp3) is 0.296. The lowest BCUT2D eigenvalue weighted by Crippen LogP contribution is -2.23. The number of anilines is 1. The normalized spacial score (nSPS) is 15.4. The van der Waals surface area contributed by atoms with E-state index < -0.39 is 0 Å². The van der Waals surface area contributed by atoms with Gasteiger partial charge in [-0.3, -0.25) is 9.36 Å². The molecule has 1 amide bonds. The lowest BCUT2D eigenvalue weighted by molar-refractivity contribution is -0.115. The van der Waals surface area contributed by atoms with Crippen LogP contribution in [0.3, 0.4) is 0 Å². The first-order valence-corrected chi connectivity index (χ1v) is 12.5. The second-order valence-corrected chi connectivity index (χ2v) is 9.93. The van der Waals surface area contributed by atoms with Crippen molar-refractivity contribution in [3.05, 3.63) is 78.6 Å². The van der Waals surface area contributed by atoms with Crippen molar-refractivity contribution in [2.45, 2.75) is 55.4 Å². The molecule has 4 aromatic rings. The number of nitrogens with one attached hydrogen (secondary N) is 1. The van der Waals surface area contributed by atoms with Crippen LogP contribution in [0.2, 0.25) is 0 Å². The van der Waals surface area contributed by atoms with Gasteiger partial charge < -0.3 is 5.32 Å². The van der Waals surface area contributed by atoms with E-state index in [1.165, 1.54) is 31.0 Å². The second-order valence-electron chi connectivity index (χ2n) is 8.62. The molecule has 1 atom stereocenters. The minimum absolute atomic E-state index is 0.0434. The molecule has 1 unspecified atom stereocenters. The number of aromatic nitrogens is 3. The Bertz CT molecular complexity index is 1240. The van der Waals surface area contributed by atoms with Crippen LogP contribution in [0.5, 0.6) is 0 Å². The van der Waals surface area contributed by atoms with Crippen LogP contribution in [0.4, 0.5) is 5.69 Å². The summed E-state index contributed by atoms with van der Waals surface area (Å²) in [6, 6.07) is 24.3. The molecule has 1 N–H and O–H groups in total. The summed E-state index contributed by atoms with van der Waals surface area (Å²) in [6.45, 7) is 1.93. The third kappa shape index (κ3) is 4.67. The summed E-state index contributed by atoms with van der Waals surface area (Å²) in [7, 11) is 0. The van der Waals surface area contributed by atoms with Crippen LogP contribution in [0.1, 0.15) is 50.8 Å². The van der Waals surface area contributed by atoms with Crippen molar-refractivity contribution in [2.24, 2.45) is 0 Å². The average Bonchev–Trinajstić information content (AvgIpc) is 3.28. The van der Waals surface area contributed by atoms with Crippen LogP contribution in [-0.2, 0) is 4.79 Å². The standard InChI is InChI=1S/C27H28N4OS/c1-19(26(32)28-24-18-10-14-20-11-8-9-17-23(20)24)33-27-30-29-25(21-12-4-2-5-13-21)31(27)22-15-6-3-7-16-22/h3,6-11,14-19,21H,2,4-5,12-13H2,1H3,(H,28,32). The molecule has 1 aromatic heterocycles. The monoisotopic (exact) mass is 456 g/mol. The van der Waals surface area contributed by atoms with Crippen molar-refractivity contribution in [1.82, 2.24) is 14.8 Å². The third-order valence-electron chi connectivity index (χ3n) is 6.34. The third-order valence-corrected chi connectivity index (χ3v) is 7.38. The van der Waals surface area contributed by atoms with Gasteiger partial charge >= 0.3 is 0 Å². The lowest BCUT2D eigenvalue weighted by Gasteiger charge is -2.22. The highest BCUT2D eigenvalue weighted by molar-refractivity contribution is 8.00. The Morgan fingerprint density at radius 1 is 0.939 bits per heavy atom. The first-order chi connectivity index (χ1) is 16.2. The zero-order valence-electron chi connectivity index (χ0n) is 18.8. The Kier molecular flexibility index (Phi) is 6.44. The second kappa shape index (κ2) is 9.79. The lowest BCUT2D eigenvalue weighted by atomic mass is 9.88. The summed E-state index contributed by atoms with van der Waals surface area (Å²) in [5.74, 6) is 1.39. The smallest absolute Gasteiger partial charge is 0.237 e. The van der Waals surface area contributed by atoms with Crippen molar-refractivity contribution in [3.8, 4) is 5.69 Å². The van der Waals surface area contributed by atoms with E-state index >= 15 is 0 Å². The zero-order chi connectivity index (χ0) is 22.6. The summed E-state index contributed by atoms with van der Waals surface area (Å²) in [6.07, 6.45) is 6.06. The molecule has 6 heteroatoms. The summed E-state index contributed by atoms with van der Waals surface area (Å²) >= 11 is 1.46. The average molecular weight is 457 g/mol. The minimum Gasteiger partial charge on any atom is -0.325 e. The first-order valence-electron chi connectivity index (χ1n) is 11.7. The van der Waals surface area contributed by atoms with Crippen molar-refractivity contribution in [1.29, 1.82) is 0 Å². The molecule has 0 spiro atoms. The van der Waals surface area contributed by atoms with E-state index in [0.717, 1.165) is 46.0 Å². The van der Waals surface area contributed by atoms with E-state index in [9.17, 15) is 4.79 Å².